The van der Waals surface area contributed by atoms with Crippen molar-refractivity contribution in [2.24, 2.45) is 0 Å². The molecular weight excluding hydrogens is 368 g/mol. The van der Waals surface area contributed by atoms with Crippen LogP contribution in [-0.2, 0) is 21.1 Å². The predicted octanol–water partition coefficient (Wildman–Crippen LogP) is 3.22. The van der Waals surface area contributed by atoms with E-state index in [1.165, 1.54) is 0 Å². The lowest BCUT2D eigenvalue weighted by molar-refractivity contribution is 0.0676. The van der Waals surface area contributed by atoms with Crippen LogP contribution < -0.4 is 0 Å². The van der Waals surface area contributed by atoms with Crippen molar-refractivity contribution in [2.75, 3.05) is 12.4 Å². The molecule has 0 unspecified atom stereocenters. The monoisotopic (exact) mass is 386 g/mol. The molecule has 1 heterocycles. The van der Waals surface area contributed by atoms with Crippen LogP contribution in [0.25, 0.3) is 0 Å². The molecule has 0 fully saturated rings. The van der Waals surface area contributed by atoms with E-state index in [0.29, 0.717) is 18.0 Å². The Morgan fingerprint density at radius 2 is 2.00 bits per heavy atom. The predicted molar refractivity (Wildman–Crippen MR) is 88.5 cm³/mol. The van der Waals surface area contributed by atoms with Gasteiger partial charge in [-0.1, -0.05) is 15.9 Å². The van der Waals surface area contributed by atoms with Crippen molar-refractivity contribution in [3.8, 4) is 0 Å². The molecule has 0 saturated heterocycles. The molecule has 2 rings (SSSR count). The Kier molecular flexibility index (Phi) is 5.77. The average Bonchev–Trinajstić information content (AvgIpc) is 2.94. The molecule has 0 N–H and O–H groups in total. The van der Waals surface area contributed by atoms with E-state index in [2.05, 4.69) is 20.9 Å². The van der Waals surface area contributed by atoms with Gasteiger partial charge in [0, 0.05) is 30.0 Å². The molecule has 5 nitrogen and oxygen atoms in total. The fourth-order valence-electron chi connectivity index (χ4n) is 2.17. The van der Waals surface area contributed by atoms with Crippen molar-refractivity contribution in [1.82, 2.24) is 9.55 Å². The van der Waals surface area contributed by atoms with E-state index >= 15 is 0 Å². The molecule has 0 amide bonds. The molecule has 0 bridgehead atoms. The summed E-state index contributed by atoms with van der Waals surface area (Å²) in [5.41, 5.74) is 0. The minimum Gasteiger partial charge on any atom is -0.371 e. The standard InChI is InChI=1S/C15H19BrN2O3S/c1-3-21-12(2)15-17-8-9-18(15)10-11-22(19,20)14-6-4-13(16)5-7-14/h4-9,12H,3,10-11H2,1-2H3/t12-/m0/s1. The maximum absolute atomic E-state index is 12.4. The van der Waals surface area contributed by atoms with Crippen molar-refractivity contribution >= 4 is 25.8 Å². The largest absolute Gasteiger partial charge is 0.371 e. The Hall–Kier alpha value is -1.18. The summed E-state index contributed by atoms with van der Waals surface area (Å²) >= 11 is 3.30. The van der Waals surface area contributed by atoms with Gasteiger partial charge in [0.05, 0.1) is 10.6 Å². The molecule has 0 aliphatic rings. The van der Waals surface area contributed by atoms with Crippen molar-refractivity contribution in [2.45, 2.75) is 31.4 Å². The molecule has 2 aromatic rings. The third-order valence-corrected chi connectivity index (χ3v) is 5.54. The number of benzene rings is 1. The van der Waals surface area contributed by atoms with Gasteiger partial charge >= 0.3 is 0 Å². The van der Waals surface area contributed by atoms with E-state index in [4.69, 9.17) is 4.74 Å². The smallest absolute Gasteiger partial charge is 0.180 e. The van der Waals surface area contributed by atoms with E-state index in [1.54, 1.807) is 36.7 Å². The minimum absolute atomic E-state index is 0.0246. The molecule has 1 atom stereocenters. The number of aromatic nitrogens is 2. The summed E-state index contributed by atoms with van der Waals surface area (Å²) in [6.45, 7) is 4.77. The fraction of sp³-hybridized carbons (Fsp3) is 0.400. The molecule has 0 aliphatic heterocycles. The Balaban J connectivity index is 2.10. The Labute approximate surface area is 139 Å². The first kappa shape index (κ1) is 17.2. The zero-order chi connectivity index (χ0) is 16.2. The van der Waals surface area contributed by atoms with Crippen molar-refractivity contribution in [1.29, 1.82) is 0 Å². The Morgan fingerprint density at radius 3 is 2.64 bits per heavy atom. The lowest BCUT2D eigenvalue weighted by atomic mass is 10.4. The number of halogens is 1. The third-order valence-electron chi connectivity index (χ3n) is 3.30. The summed E-state index contributed by atoms with van der Waals surface area (Å²) < 4.78 is 32.9. The van der Waals surface area contributed by atoms with Gasteiger partial charge in [-0.15, -0.1) is 0 Å². The molecule has 120 valence electrons. The lowest BCUT2D eigenvalue weighted by Gasteiger charge is -2.14. The van der Waals surface area contributed by atoms with E-state index in [-0.39, 0.29) is 11.9 Å². The third kappa shape index (κ3) is 4.18. The van der Waals surface area contributed by atoms with Gasteiger partial charge in [0.2, 0.25) is 0 Å². The molecule has 7 heteroatoms. The zero-order valence-electron chi connectivity index (χ0n) is 12.6. The first-order valence-electron chi connectivity index (χ1n) is 7.05. The minimum atomic E-state index is -3.32. The van der Waals surface area contributed by atoms with Crippen LogP contribution in [-0.4, -0.2) is 30.3 Å². The SMILES string of the molecule is CCO[C@@H](C)c1nccn1CCS(=O)(=O)c1ccc(Br)cc1. The molecule has 1 aromatic carbocycles. The number of aryl methyl sites for hydroxylation is 1. The number of hydrogen-bond acceptors (Lipinski definition) is 4. The van der Waals surface area contributed by atoms with Crippen LogP contribution in [0.5, 0.6) is 0 Å². The highest BCUT2D eigenvalue weighted by atomic mass is 79.9. The van der Waals surface area contributed by atoms with Crippen LogP contribution in [0.15, 0.2) is 46.0 Å². The highest BCUT2D eigenvalue weighted by Crippen LogP contribution is 2.18. The highest BCUT2D eigenvalue weighted by Gasteiger charge is 2.17. The molecular formula is C15H19BrN2O3S. The molecule has 0 radical (unpaired) electrons. The summed E-state index contributed by atoms with van der Waals surface area (Å²) in [6.07, 6.45) is 3.29. The summed E-state index contributed by atoms with van der Waals surface area (Å²) in [7, 11) is -3.32. The van der Waals surface area contributed by atoms with Gasteiger partial charge in [0.25, 0.3) is 0 Å². The second kappa shape index (κ2) is 7.39. The second-order valence-electron chi connectivity index (χ2n) is 4.85. The molecule has 1 aromatic heterocycles. The first-order valence-corrected chi connectivity index (χ1v) is 9.49. The summed E-state index contributed by atoms with van der Waals surface area (Å²) in [5.74, 6) is 0.768. The quantitative estimate of drug-likeness (QED) is 0.732. The number of ether oxygens (including phenoxy) is 1. The van der Waals surface area contributed by atoms with Crippen molar-refractivity contribution in [3.05, 3.63) is 47.0 Å². The first-order chi connectivity index (χ1) is 10.4. The number of hydrogen-bond donors (Lipinski definition) is 0. The number of sulfone groups is 1. The maximum atomic E-state index is 12.4. The molecule has 0 saturated carbocycles. The highest BCUT2D eigenvalue weighted by molar-refractivity contribution is 9.10. The average molecular weight is 387 g/mol. The van der Waals surface area contributed by atoms with Gasteiger partial charge in [-0.3, -0.25) is 0 Å². The van der Waals surface area contributed by atoms with E-state index < -0.39 is 9.84 Å². The van der Waals surface area contributed by atoms with Crippen LogP contribution in [0.3, 0.4) is 0 Å². The van der Waals surface area contributed by atoms with E-state index in [1.807, 2.05) is 18.4 Å². The van der Waals surface area contributed by atoms with Crippen LogP contribution in [0.1, 0.15) is 25.8 Å². The van der Waals surface area contributed by atoms with Crippen LogP contribution >= 0.6 is 15.9 Å². The van der Waals surface area contributed by atoms with Crippen molar-refractivity contribution in [3.63, 3.8) is 0 Å². The zero-order valence-corrected chi connectivity index (χ0v) is 15.0. The molecule has 0 spiro atoms. The Bertz CT molecular complexity index is 711. The van der Waals surface area contributed by atoms with Gasteiger partial charge in [0.1, 0.15) is 11.9 Å². The number of nitrogens with zero attached hydrogens (tertiary/aromatic N) is 2. The van der Waals surface area contributed by atoms with Crippen LogP contribution in [0.2, 0.25) is 0 Å². The van der Waals surface area contributed by atoms with Crippen LogP contribution in [0, 0.1) is 0 Å². The number of imidazole rings is 1. The van der Waals surface area contributed by atoms with E-state index in [9.17, 15) is 8.42 Å². The van der Waals surface area contributed by atoms with Gasteiger partial charge in [-0.2, -0.15) is 0 Å². The van der Waals surface area contributed by atoms with Gasteiger partial charge in [-0.05, 0) is 38.1 Å². The second-order valence-corrected chi connectivity index (χ2v) is 7.87. The summed E-state index contributed by atoms with van der Waals surface area (Å²) in [4.78, 5) is 4.59. The van der Waals surface area contributed by atoms with Crippen molar-refractivity contribution < 1.29 is 13.2 Å². The maximum Gasteiger partial charge on any atom is 0.180 e. The lowest BCUT2D eigenvalue weighted by Crippen LogP contribution is -2.16. The normalized spacial score (nSPS) is 13.2. The van der Waals surface area contributed by atoms with E-state index in [0.717, 1.165) is 10.3 Å². The number of rotatable bonds is 7. The summed E-state index contributed by atoms with van der Waals surface area (Å²) in [6, 6.07) is 6.67. The van der Waals surface area contributed by atoms with Crippen LogP contribution in [0.4, 0.5) is 0 Å². The molecule has 22 heavy (non-hydrogen) atoms. The fourth-order valence-corrected chi connectivity index (χ4v) is 3.66. The summed E-state index contributed by atoms with van der Waals surface area (Å²) in [5, 5.41) is 0. The van der Waals surface area contributed by atoms with Gasteiger partial charge < -0.3 is 9.30 Å². The topological polar surface area (TPSA) is 61.2 Å². The van der Waals surface area contributed by atoms with Gasteiger partial charge in [-0.25, -0.2) is 13.4 Å². The van der Waals surface area contributed by atoms with Gasteiger partial charge in [0.15, 0.2) is 9.84 Å². The Morgan fingerprint density at radius 1 is 1.32 bits per heavy atom. The molecule has 0 aliphatic carbocycles.